The number of rotatable bonds is 3. The lowest BCUT2D eigenvalue weighted by molar-refractivity contribution is 0.494. The molecule has 0 amide bonds. The number of benzene rings is 3. The quantitative estimate of drug-likeness (QED) is 0.427. The fourth-order valence-corrected chi connectivity index (χ4v) is 8.26. The molecule has 0 atom stereocenters. The van der Waals surface area contributed by atoms with Crippen LogP contribution in [-0.4, -0.2) is 8.32 Å². The van der Waals surface area contributed by atoms with Crippen molar-refractivity contribution >= 4 is 14.1 Å². The van der Waals surface area contributed by atoms with E-state index in [2.05, 4.69) is 94.5 Å². The van der Waals surface area contributed by atoms with Crippen LogP contribution in [0.25, 0.3) is 16.9 Å². The first kappa shape index (κ1) is 18.4. The van der Waals surface area contributed by atoms with Gasteiger partial charge in [-0.15, -0.1) is 0 Å². The molecule has 0 heterocycles. The first-order chi connectivity index (χ1) is 13.9. The molecule has 29 heavy (non-hydrogen) atoms. The SMILES string of the molecule is CC1=C(O[Si](C)(C)C2c3ccccc3-c3ccccc32)c2c(C)ccc(C)c2C1. The van der Waals surface area contributed by atoms with Gasteiger partial charge in [0.25, 0.3) is 8.32 Å². The van der Waals surface area contributed by atoms with Crippen molar-refractivity contribution < 1.29 is 4.43 Å². The topological polar surface area (TPSA) is 9.23 Å². The average molecular weight is 397 g/mol. The lowest BCUT2D eigenvalue weighted by Crippen LogP contribution is -2.38. The molecule has 5 rings (SSSR count). The largest absolute Gasteiger partial charge is 0.543 e. The van der Waals surface area contributed by atoms with E-state index in [0.29, 0.717) is 5.54 Å². The molecule has 2 aliphatic carbocycles. The summed E-state index contributed by atoms with van der Waals surface area (Å²) >= 11 is 0. The molecule has 2 aliphatic rings. The molecule has 0 radical (unpaired) electrons. The lowest BCUT2D eigenvalue weighted by atomic mass is 9.99. The highest BCUT2D eigenvalue weighted by molar-refractivity contribution is 6.74. The molecule has 1 nitrogen and oxygen atoms in total. The highest BCUT2D eigenvalue weighted by Gasteiger charge is 2.45. The van der Waals surface area contributed by atoms with Crippen molar-refractivity contribution in [2.45, 2.75) is 45.8 Å². The van der Waals surface area contributed by atoms with Crippen molar-refractivity contribution in [3.05, 3.63) is 99.6 Å². The van der Waals surface area contributed by atoms with Crippen LogP contribution in [0.5, 0.6) is 0 Å². The summed E-state index contributed by atoms with van der Waals surface area (Å²) in [4.78, 5) is 0. The highest BCUT2D eigenvalue weighted by atomic mass is 28.4. The van der Waals surface area contributed by atoms with Crippen LogP contribution in [0.2, 0.25) is 13.1 Å². The summed E-state index contributed by atoms with van der Waals surface area (Å²) in [6.07, 6.45) is 1.01. The molecular formula is C27H28OSi. The maximum Gasteiger partial charge on any atom is 0.256 e. The van der Waals surface area contributed by atoms with Crippen molar-refractivity contribution in [3.63, 3.8) is 0 Å². The highest BCUT2D eigenvalue weighted by Crippen LogP contribution is 2.50. The van der Waals surface area contributed by atoms with Crippen molar-refractivity contribution in [3.8, 4) is 11.1 Å². The van der Waals surface area contributed by atoms with E-state index in [4.69, 9.17) is 4.43 Å². The molecule has 2 heteroatoms. The molecule has 0 saturated heterocycles. The van der Waals surface area contributed by atoms with Crippen LogP contribution in [0, 0.1) is 13.8 Å². The second-order valence-corrected chi connectivity index (χ2v) is 13.1. The number of hydrogen-bond acceptors (Lipinski definition) is 1. The van der Waals surface area contributed by atoms with Crippen LogP contribution in [0.4, 0.5) is 0 Å². The third kappa shape index (κ3) is 2.73. The molecule has 0 aromatic heterocycles. The number of allylic oxidation sites excluding steroid dienone is 1. The standard InChI is InChI=1S/C27H28OSi/c1-17-14-15-18(2)25-24(17)16-19(3)26(25)28-29(4,5)27-22-12-8-6-10-20(22)21-11-7-9-13-23(21)27/h6-15,27H,16H2,1-5H3. The minimum atomic E-state index is -2.15. The molecule has 0 aliphatic heterocycles. The molecule has 0 saturated carbocycles. The molecule has 3 aromatic carbocycles. The van der Waals surface area contributed by atoms with Gasteiger partial charge >= 0.3 is 0 Å². The lowest BCUT2D eigenvalue weighted by Gasteiger charge is -2.33. The molecule has 0 unspecified atom stereocenters. The Morgan fingerprint density at radius 1 is 0.759 bits per heavy atom. The zero-order valence-corrected chi connectivity index (χ0v) is 19.0. The fraction of sp³-hybridized carbons (Fsp3) is 0.259. The van der Waals surface area contributed by atoms with E-state index in [-0.39, 0.29) is 0 Å². The van der Waals surface area contributed by atoms with Gasteiger partial charge in [0.2, 0.25) is 0 Å². The first-order valence-corrected chi connectivity index (χ1v) is 13.5. The van der Waals surface area contributed by atoms with Crippen LogP contribution < -0.4 is 0 Å². The number of fused-ring (bicyclic) bond motifs is 4. The molecular weight excluding hydrogens is 368 g/mol. The molecule has 146 valence electrons. The predicted octanol–water partition coefficient (Wildman–Crippen LogP) is 7.16. The van der Waals surface area contributed by atoms with Gasteiger partial charge in [-0.1, -0.05) is 60.7 Å². The molecule has 0 N–H and O–H groups in total. The summed E-state index contributed by atoms with van der Waals surface area (Å²) in [7, 11) is -2.15. The number of aryl methyl sites for hydroxylation is 2. The van der Waals surface area contributed by atoms with Gasteiger partial charge in [0, 0.05) is 11.1 Å². The molecule has 0 bridgehead atoms. The van der Waals surface area contributed by atoms with E-state index < -0.39 is 8.32 Å². The maximum atomic E-state index is 7.09. The third-order valence-electron chi connectivity index (χ3n) is 6.71. The Morgan fingerprint density at radius 2 is 1.31 bits per heavy atom. The first-order valence-electron chi connectivity index (χ1n) is 10.5. The zero-order chi connectivity index (χ0) is 20.3. The second-order valence-electron chi connectivity index (χ2n) is 9.15. The number of hydrogen-bond donors (Lipinski definition) is 0. The summed E-state index contributed by atoms with van der Waals surface area (Å²) in [5, 5.41) is 0. The monoisotopic (exact) mass is 396 g/mol. The minimum Gasteiger partial charge on any atom is -0.543 e. The van der Waals surface area contributed by atoms with Crippen molar-refractivity contribution in [2.75, 3.05) is 0 Å². The van der Waals surface area contributed by atoms with Gasteiger partial charge in [0.15, 0.2) is 0 Å². The van der Waals surface area contributed by atoms with Crippen molar-refractivity contribution in [1.29, 1.82) is 0 Å². The van der Waals surface area contributed by atoms with Crippen LogP contribution in [-0.2, 0) is 10.8 Å². The van der Waals surface area contributed by atoms with Gasteiger partial charge in [-0.2, -0.15) is 0 Å². The van der Waals surface area contributed by atoms with Gasteiger partial charge in [-0.25, -0.2) is 0 Å². The van der Waals surface area contributed by atoms with E-state index in [1.54, 1.807) is 0 Å². The fourth-order valence-electron chi connectivity index (χ4n) is 5.34. The summed E-state index contributed by atoms with van der Waals surface area (Å²) in [5.41, 5.74) is 12.8. The molecule has 0 fully saturated rings. The zero-order valence-electron chi connectivity index (χ0n) is 18.0. The summed E-state index contributed by atoms with van der Waals surface area (Å²) < 4.78 is 7.09. The van der Waals surface area contributed by atoms with E-state index in [0.717, 1.165) is 12.2 Å². The Hall–Kier alpha value is -2.58. The minimum absolute atomic E-state index is 0.351. The van der Waals surface area contributed by atoms with E-state index in [1.165, 1.54) is 50.1 Å². The van der Waals surface area contributed by atoms with E-state index >= 15 is 0 Å². The van der Waals surface area contributed by atoms with Gasteiger partial charge in [0.1, 0.15) is 5.76 Å². The summed E-state index contributed by atoms with van der Waals surface area (Å²) in [5.74, 6) is 1.15. The van der Waals surface area contributed by atoms with Gasteiger partial charge < -0.3 is 4.43 Å². The van der Waals surface area contributed by atoms with Crippen LogP contribution in [0.3, 0.4) is 0 Å². The van der Waals surface area contributed by atoms with Crippen LogP contribution >= 0.6 is 0 Å². The molecule has 3 aromatic rings. The van der Waals surface area contributed by atoms with E-state index in [9.17, 15) is 0 Å². The maximum absolute atomic E-state index is 7.09. The van der Waals surface area contributed by atoms with Gasteiger partial charge in [-0.3, -0.25) is 0 Å². The predicted molar refractivity (Wildman–Crippen MR) is 125 cm³/mol. The normalized spacial score (nSPS) is 15.3. The van der Waals surface area contributed by atoms with E-state index in [1.807, 2.05) is 0 Å². The summed E-state index contributed by atoms with van der Waals surface area (Å²) in [6.45, 7) is 11.5. The molecule has 0 spiro atoms. The van der Waals surface area contributed by atoms with Gasteiger partial charge in [0.05, 0.1) is 0 Å². The Kier molecular flexibility index (Phi) is 4.11. The average Bonchev–Trinajstić information content (AvgIpc) is 3.21. The second kappa shape index (κ2) is 6.46. The van der Waals surface area contributed by atoms with Gasteiger partial charge in [-0.05, 0) is 84.8 Å². The Labute approximate surface area is 175 Å². The van der Waals surface area contributed by atoms with Crippen LogP contribution in [0.15, 0.2) is 66.2 Å². The van der Waals surface area contributed by atoms with Crippen molar-refractivity contribution in [1.82, 2.24) is 0 Å². The summed E-state index contributed by atoms with van der Waals surface area (Å²) in [6, 6.07) is 22.3. The van der Waals surface area contributed by atoms with Crippen LogP contribution in [0.1, 0.15) is 45.8 Å². The smallest absolute Gasteiger partial charge is 0.256 e. The Bertz CT molecular complexity index is 1120. The third-order valence-corrected chi connectivity index (χ3v) is 9.45. The Morgan fingerprint density at radius 3 is 1.93 bits per heavy atom. The Balaban J connectivity index is 1.61. The van der Waals surface area contributed by atoms with Crippen molar-refractivity contribution in [2.24, 2.45) is 0 Å².